The summed E-state index contributed by atoms with van der Waals surface area (Å²) in [6, 6.07) is 0. The summed E-state index contributed by atoms with van der Waals surface area (Å²) >= 11 is 0. The van der Waals surface area contributed by atoms with E-state index >= 15 is 0 Å². The molecule has 4 nitrogen and oxygen atoms in total. The van der Waals surface area contributed by atoms with Crippen LogP contribution in [0.2, 0.25) is 0 Å². The molecule has 0 amide bonds. The van der Waals surface area contributed by atoms with Crippen LogP contribution in [0.5, 0.6) is 0 Å². The Balaban J connectivity index is 0. The second kappa shape index (κ2) is 22.7. The van der Waals surface area contributed by atoms with Crippen molar-refractivity contribution in [2.24, 2.45) is 0 Å². The van der Waals surface area contributed by atoms with Crippen LogP contribution in [0.4, 0.5) is 0 Å². The van der Waals surface area contributed by atoms with Gasteiger partial charge in [-0.3, -0.25) is 0 Å². The zero-order valence-corrected chi connectivity index (χ0v) is 19.4. The first-order valence-corrected chi connectivity index (χ1v) is 12.0. The highest BCUT2D eigenvalue weighted by Gasteiger charge is 2.17. The zero-order valence-electron chi connectivity index (χ0n) is 19.4. The molecule has 0 bridgehead atoms. The van der Waals surface area contributed by atoms with Crippen molar-refractivity contribution in [3.8, 4) is 0 Å². The van der Waals surface area contributed by atoms with Crippen LogP contribution >= 0.6 is 0 Å². The summed E-state index contributed by atoms with van der Waals surface area (Å²) in [7, 11) is 0. The normalized spacial score (nSPS) is 12.0. The van der Waals surface area contributed by atoms with Crippen LogP contribution < -0.4 is 6.15 Å². The van der Waals surface area contributed by atoms with Gasteiger partial charge < -0.3 is 16.0 Å². The van der Waals surface area contributed by atoms with Crippen molar-refractivity contribution in [3.63, 3.8) is 0 Å². The number of carbonyl (C=O) groups is 1. The van der Waals surface area contributed by atoms with Gasteiger partial charge in [-0.25, -0.2) is 4.79 Å². The third kappa shape index (κ3) is 20.1. The SMILES string of the molecule is CCCCCCCCCCC(CCCCCCCCCC)OC(=O)C(C)O.N. The van der Waals surface area contributed by atoms with Crippen molar-refractivity contribution in [1.29, 1.82) is 0 Å². The Morgan fingerprint density at radius 3 is 1.32 bits per heavy atom. The van der Waals surface area contributed by atoms with E-state index in [1.165, 1.54) is 96.8 Å². The summed E-state index contributed by atoms with van der Waals surface area (Å²) in [5.74, 6) is -0.459. The van der Waals surface area contributed by atoms with Gasteiger partial charge in [-0.2, -0.15) is 0 Å². The van der Waals surface area contributed by atoms with Gasteiger partial charge in [0.1, 0.15) is 12.2 Å². The molecule has 0 saturated heterocycles. The number of carbonyl (C=O) groups excluding carboxylic acids is 1. The van der Waals surface area contributed by atoms with E-state index in [1.807, 2.05) is 0 Å². The standard InChI is InChI=1S/C24H48O3.H3N/c1-4-6-8-10-12-14-16-18-20-23(27-24(26)22(3)25)21-19-17-15-13-11-9-7-5-2;/h22-23,25H,4-21H2,1-3H3;1H3. The minimum absolute atomic E-state index is 0. The smallest absolute Gasteiger partial charge is 0.334 e. The lowest BCUT2D eigenvalue weighted by molar-refractivity contribution is -0.158. The monoisotopic (exact) mass is 401 g/mol. The average molecular weight is 402 g/mol. The highest BCUT2D eigenvalue weighted by atomic mass is 16.6. The van der Waals surface area contributed by atoms with Gasteiger partial charge >= 0.3 is 5.97 Å². The number of ether oxygens (including phenoxy) is 1. The maximum atomic E-state index is 11.8. The van der Waals surface area contributed by atoms with Gasteiger partial charge in [0, 0.05) is 0 Å². The second-order valence-electron chi connectivity index (χ2n) is 8.26. The van der Waals surface area contributed by atoms with E-state index in [0.29, 0.717) is 0 Å². The first-order valence-electron chi connectivity index (χ1n) is 12.0. The fourth-order valence-electron chi connectivity index (χ4n) is 3.54. The van der Waals surface area contributed by atoms with Crippen LogP contribution in [-0.2, 0) is 9.53 Å². The molecule has 170 valence electrons. The van der Waals surface area contributed by atoms with Crippen LogP contribution in [0.1, 0.15) is 136 Å². The molecular weight excluding hydrogens is 350 g/mol. The van der Waals surface area contributed by atoms with Crippen molar-refractivity contribution in [2.75, 3.05) is 0 Å². The van der Waals surface area contributed by atoms with Crippen molar-refractivity contribution >= 4 is 5.97 Å². The summed E-state index contributed by atoms with van der Waals surface area (Å²) in [6.07, 6.45) is 21.6. The summed E-state index contributed by atoms with van der Waals surface area (Å²) in [4.78, 5) is 11.8. The van der Waals surface area contributed by atoms with Gasteiger partial charge in [-0.1, -0.05) is 104 Å². The maximum absolute atomic E-state index is 11.8. The Hall–Kier alpha value is -0.610. The average Bonchev–Trinajstić information content (AvgIpc) is 2.65. The molecule has 0 aromatic carbocycles. The van der Waals surface area contributed by atoms with Crippen molar-refractivity contribution < 1.29 is 14.6 Å². The minimum Gasteiger partial charge on any atom is -0.460 e. The quantitative estimate of drug-likeness (QED) is 0.163. The van der Waals surface area contributed by atoms with Crippen LogP contribution in [0.25, 0.3) is 0 Å². The van der Waals surface area contributed by atoms with Crippen LogP contribution in [0, 0.1) is 0 Å². The van der Waals surface area contributed by atoms with Gasteiger partial charge in [0.2, 0.25) is 0 Å². The molecule has 0 heterocycles. The molecule has 28 heavy (non-hydrogen) atoms. The molecule has 4 N–H and O–H groups in total. The minimum atomic E-state index is -1.01. The third-order valence-corrected chi connectivity index (χ3v) is 5.38. The van der Waals surface area contributed by atoms with E-state index in [-0.39, 0.29) is 12.3 Å². The van der Waals surface area contributed by atoms with Gasteiger partial charge in [0.05, 0.1) is 0 Å². The van der Waals surface area contributed by atoms with Gasteiger partial charge in [-0.15, -0.1) is 0 Å². The number of esters is 1. The van der Waals surface area contributed by atoms with Crippen molar-refractivity contribution in [2.45, 2.75) is 149 Å². The Morgan fingerprint density at radius 2 is 1.00 bits per heavy atom. The number of unbranched alkanes of at least 4 members (excludes halogenated alkanes) is 14. The molecule has 1 atom stereocenters. The lowest BCUT2D eigenvalue weighted by atomic mass is 10.0. The van der Waals surface area contributed by atoms with E-state index in [4.69, 9.17) is 4.74 Å². The molecule has 1 unspecified atom stereocenters. The van der Waals surface area contributed by atoms with Gasteiger partial charge in [-0.05, 0) is 32.6 Å². The molecule has 0 aliphatic rings. The third-order valence-electron chi connectivity index (χ3n) is 5.38. The summed E-state index contributed by atoms with van der Waals surface area (Å²) in [5, 5.41) is 9.42. The van der Waals surface area contributed by atoms with Crippen LogP contribution in [-0.4, -0.2) is 23.3 Å². The molecule has 0 radical (unpaired) electrons. The second-order valence-corrected chi connectivity index (χ2v) is 8.26. The van der Waals surface area contributed by atoms with Crippen LogP contribution in [0.3, 0.4) is 0 Å². The molecule has 4 heteroatoms. The molecule has 0 aromatic heterocycles. The maximum Gasteiger partial charge on any atom is 0.334 e. The molecule has 0 aliphatic carbocycles. The number of aliphatic hydroxyl groups excluding tert-OH is 1. The predicted molar refractivity (Wildman–Crippen MR) is 121 cm³/mol. The van der Waals surface area contributed by atoms with E-state index in [0.717, 1.165) is 25.7 Å². The lowest BCUT2D eigenvalue weighted by Gasteiger charge is -2.19. The first-order chi connectivity index (χ1) is 13.1. The first kappa shape index (κ1) is 29.6. The molecule has 0 saturated carbocycles. The molecule has 0 rings (SSSR count). The molecule has 0 aromatic rings. The Morgan fingerprint density at radius 1 is 0.679 bits per heavy atom. The predicted octanol–water partition coefficient (Wildman–Crippen LogP) is 7.50. The summed E-state index contributed by atoms with van der Waals surface area (Å²) in [5.41, 5.74) is 0. The number of hydrogen-bond donors (Lipinski definition) is 2. The van der Waals surface area contributed by atoms with Crippen LogP contribution in [0.15, 0.2) is 0 Å². The Kier molecular flexibility index (Phi) is 24.0. The zero-order chi connectivity index (χ0) is 20.2. The highest BCUT2D eigenvalue weighted by Crippen LogP contribution is 2.18. The van der Waals surface area contributed by atoms with Crippen molar-refractivity contribution in [1.82, 2.24) is 6.15 Å². The number of hydrogen-bond acceptors (Lipinski definition) is 4. The fourth-order valence-corrected chi connectivity index (χ4v) is 3.54. The van der Waals surface area contributed by atoms with Gasteiger partial charge in [0.15, 0.2) is 0 Å². The molecular formula is C24H51NO3. The largest absolute Gasteiger partial charge is 0.460 e. The number of aliphatic hydroxyl groups is 1. The Bertz CT molecular complexity index is 301. The lowest BCUT2D eigenvalue weighted by Crippen LogP contribution is -2.26. The number of rotatable bonds is 20. The topological polar surface area (TPSA) is 81.5 Å². The molecule has 0 aliphatic heterocycles. The van der Waals surface area contributed by atoms with E-state index in [9.17, 15) is 9.90 Å². The van der Waals surface area contributed by atoms with E-state index < -0.39 is 12.1 Å². The summed E-state index contributed by atoms with van der Waals surface area (Å²) < 4.78 is 5.54. The summed E-state index contributed by atoms with van der Waals surface area (Å²) in [6.45, 7) is 5.99. The van der Waals surface area contributed by atoms with Gasteiger partial charge in [0.25, 0.3) is 0 Å². The van der Waals surface area contributed by atoms with Crippen molar-refractivity contribution in [3.05, 3.63) is 0 Å². The fraction of sp³-hybridized carbons (Fsp3) is 0.958. The molecule has 0 fully saturated rings. The Labute approximate surface area is 175 Å². The highest BCUT2D eigenvalue weighted by molar-refractivity contribution is 5.73. The van der Waals surface area contributed by atoms with E-state index in [1.54, 1.807) is 0 Å². The molecule has 0 spiro atoms. The van der Waals surface area contributed by atoms with E-state index in [2.05, 4.69) is 13.8 Å².